The molecule has 4 nitrogen and oxygen atoms in total. The SMILES string of the molecule is CC(C)CNCc1ccc(Oc2cc(Br)ccc2F)nn1. The number of halogens is 2. The van der Waals surface area contributed by atoms with Crippen LogP contribution in [0, 0.1) is 11.7 Å². The van der Waals surface area contributed by atoms with E-state index >= 15 is 0 Å². The van der Waals surface area contributed by atoms with Crippen molar-refractivity contribution in [2.75, 3.05) is 6.54 Å². The molecule has 1 N–H and O–H groups in total. The molecule has 1 aromatic heterocycles. The van der Waals surface area contributed by atoms with Gasteiger partial charge in [-0.15, -0.1) is 5.10 Å². The normalized spacial score (nSPS) is 10.9. The molecular formula is C15H17BrFN3O. The number of nitrogens with one attached hydrogen (secondary N) is 1. The highest BCUT2D eigenvalue weighted by Crippen LogP contribution is 2.26. The fourth-order valence-electron chi connectivity index (χ4n) is 1.65. The summed E-state index contributed by atoms with van der Waals surface area (Å²) in [7, 11) is 0. The Hall–Kier alpha value is -1.53. The van der Waals surface area contributed by atoms with Crippen LogP contribution in [0.5, 0.6) is 11.6 Å². The van der Waals surface area contributed by atoms with E-state index in [1.165, 1.54) is 6.07 Å². The minimum absolute atomic E-state index is 0.115. The fraction of sp³-hybridized carbons (Fsp3) is 0.333. The van der Waals surface area contributed by atoms with Gasteiger partial charge >= 0.3 is 0 Å². The molecule has 21 heavy (non-hydrogen) atoms. The summed E-state index contributed by atoms with van der Waals surface area (Å²) in [6.45, 7) is 5.85. The molecule has 0 saturated heterocycles. The van der Waals surface area contributed by atoms with Crippen molar-refractivity contribution < 1.29 is 9.13 Å². The number of nitrogens with zero attached hydrogens (tertiary/aromatic N) is 2. The molecule has 0 unspecified atom stereocenters. The third kappa shape index (κ3) is 5.06. The molecule has 0 spiro atoms. The van der Waals surface area contributed by atoms with Crippen molar-refractivity contribution in [1.82, 2.24) is 15.5 Å². The van der Waals surface area contributed by atoms with Crippen LogP contribution in [0.15, 0.2) is 34.8 Å². The zero-order valence-corrected chi connectivity index (χ0v) is 13.5. The van der Waals surface area contributed by atoms with Crippen LogP contribution in [0.1, 0.15) is 19.5 Å². The van der Waals surface area contributed by atoms with E-state index in [1.54, 1.807) is 18.2 Å². The molecular weight excluding hydrogens is 337 g/mol. The van der Waals surface area contributed by atoms with E-state index in [-0.39, 0.29) is 11.6 Å². The summed E-state index contributed by atoms with van der Waals surface area (Å²) in [5.74, 6) is 0.520. The van der Waals surface area contributed by atoms with Crippen molar-refractivity contribution in [3.63, 3.8) is 0 Å². The topological polar surface area (TPSA) is 47.0 Å². The Morgan fingerprint density at radius 3 is 2.71 bits per heavy atom. The minimum atomic E-state index is -0.442. The minimum Gasteiger partial charge on any atom is -0.434 e. The van der Waals surface area contributed by atoms with Crippen molar-refractivity contribution in [1.29, 1.82) is 0 Å². The maximum atomic E-state index is 13.6. The van der Waals surface area contributed by atoms with Gasteiger partial charge in [-0.25, -0.2) is 4.39 Å². The Morgan fingerprint density at radius 1 is 1.24 bits per heavy atom. The van der Waals surface area contributed by atoms with Gasteiger partial charge < -0.3 is 10.1 Å². The number of benzene rings is 1. The molecule has 2 rings (SSSR count). The quantitative estimate of drug-likeness (QED) is 0.854. The molecule has 0 fully saturated rings. The first kappa shape index (κ1) is 15.9. The highest BCUT2D eigenvalue weighted by Gasteiger charge is 2.07. The van der Waals surface area contributed by atoms with Crippen LogP contribution in [0.2, 0.25) is 0 Å². The van der Waals surface area contributed by atoms with E-state index in [0.717, 1.165) is 16.7 Å². The molecule has 0 aliphatic rings. The maximum Gasteiger partial charge on any atom is 0.239 e. The largest absolute Gasteiger partial charge is 0.434 e. The van der Waals surface area contributed by atoms with Gasteiger partial charge in [-0.1, -0.05) is 29.8 Å². The Labute approximate surface area is 131 Å². The smallest absolute Gasteiger partial charge is 0.239 e. The fourth-order valence-corrected chi connectivity index (χ4v) is 1.99. The van der Waals surface area contributed by atoms with Crippen molar-refractivity contribution in [3.8, 4) is 11.6 Å². The van der Waals surface area contributed by atoms with Crippen LogP contribution in [-0.4, -0.2) is 16.7 Å². The lowest BCUT2D eigenvalue weighted by Crippen LogP contribution is -2.19. The third-order valence-corrected chi connectivity index (χ3v) is 3.16. The number of hydrogen-bond donors (Lipinski definition) is 1. The lowest BCUT2D eigenvalue weighted by atomic mass is 10.2. The van der Waals surface area contributed by atoms with Gasteiger partial charge in [0.2, 0.25) is 5.88 Å². The van der Waals surface area contributed by atoms with Crippen molar-refractivity contribution in [2.24, 2.45) is 5.92 Å². The first-order chi connectivity index (χ1) is 10.0. The molecule has 0 atom stereocenters. The molecule has 0 aliphatic carbocycles. The van der Waals surface area contributed by atoms with Gasteiger partial charge in [0.25, 0.3) is 0 Å². The lowest BCUT2D eigenvalue weighted by Gasteiger charge is -2.08. The number of rotatable bonds is 6. The zero-order valence-electron chi connectivity index (χ0n) is 11.9. The summed E-state index contributed by atoms with van der Waals surface area (Å²) in [6.07, 6.45) is 0. The molecule has 2 aromatic rings. The molecule has 0 radical (unpaired) electrons. The summed E-state index contributed by atoms with van der Waals surface area (Å²) >= 11 is 3.27. The predicted octanol–water partition coefficient (Wildman–Crippen LogP) is 3.92. The molecule has 1 aromatic carbocycles. The Kier molecular flexibility index (Phi) is 5.64. The molecule has 112 valence electrons. The highest BCUT2D eigenvalue weighted by molar-refractivity contribution is 9.10. The van der Waals surface area contributed by atoms with Gasteiger partial charge in [0.15, 0.2) is 11.6 Å². The van der Waals surface area contributed by atoms with Crippen LogP contribution >= 0.6 is 15.9 Å². The van der Waals surface area contributed by atoms with Crippen LogP contribution in [0.3, 0.4) is 0 Å². The van der Waals surface area contributed by atoms with Gasteiger partial charge in [0.05, 0.1) is 5.69 Å². The van der Waals surface area contributed by atoms with E-state index < -0.39 is 5.82 Å². The first-order valence-corrected chi connectivity index (χ1v) is 7.50. The van der Waals surface area contributed by atoms with Gasteiger partial charge in [0, 0.05) is 17.1 Å². The molecule has 0 bridgehead atoms. The monoisotopic (exact) mass is 353 g/mol. The summed E-state index contributed by atoms with van der Waals surface area (Å²) in [5, 5.41) is 11.3. The zero-order chi connectivity index (χ0) is 15.2. The second-order valence-corrected chi connectivity index (χ2v) is 5.98. The van der Waals surface area contributed by atoms with Gasteiger partial charge in [-0.2, -0.15) is 5.10 Å². The molecule has 0 saturated carbocycles. The molecule has 1 heterocycles. The molecule has 0 amide bonds. The molecule has 6 heteroatoms. The van der Waals surface area contributed by atoms with E-state index in [9.17, 15) is 4.39 Å². The Morgan fingerprint density at radius 2 is 2.05 bits per heavy atom. The Bertz CT molecular complexity index is 590. The van der Waals surface area contributed by atoms with Crippen LogP contribution in [0.4, 0.5) is 4.39 Å². The van der Waals surface area contributed by atoms with Crippen LogP contribution < -0.4 is 10.1 Å². The van der Waals surface area contributed by atoms with Crippen molar-refractivity contribution in [3.05, 3.63) is 46.3 Å². The van der Waals surface area contributed by atoms with Gasteiger partial charge in [0.1, 0.15) is 0 Å². The van der Waals surface area contributed by atoms with E-state index in [4.69, 9.17) is 4.74 Å². The van der Waals surface area contributed by atoms with E-state index in [1.807, 2.05) is 6.07 Å². The second kappa shape index (κ2) is 7.47. The van der Waals surface area contributed by atoms with Crippen molar-refractivity contribution >= 4 is 15.9 Å². The average molecular weight is 354 g/mol. The summed E-state index contributed by atoms with van der Waals surface area (Å²) in [6, 6.07) is 7.98. The van der Waals surface area contributed by atoms with Gasteiger partial charge in [-0.05, 0) is 36.7 Å². The first-order valence-electron chi connectivity index (χ1n) is 6.71. The van der Waals surface area contributed by atoms with Gasteiger partial charge in [-0.3, -0.25) is 0 Å². The van der Waals surface area contributed by atoms with Crippen molar-refractivity contribution in [2.45, 2.75) is 20.4 Å². The lowest BCUT2D eigenvalue weighted by molar-refractivity contribution is 0.420. The van der Waals surface area contributed by atoms with Crippen LogP contribution in [0.25, 0.3) is 0 Å². The second-order valence-electron chi connectivity index (χ2n) is 5.06. The number of hydrogen-bond acceptors (Lipinski definition) is 4. The third-order valence-electron chi connectivity index (χ3n) is 2.66. The summed E-state index contributed by atoms with van der Waals surface area (Å²) in [4.78, 5) is 0. The average Bonchev–Trinajstić information content (AvgIpc) is 2.44. The van der Waals surface area contributed by atoms with E-state index in [0.29, 0.717) is 12.5 Å². The summed E-state index contributed by atoms with van der Waals surface area (Å²) < 4.78 is 19.7. The standard InChI is InChI=1S/C15H17BrFN3O/c1-10(2)8-18-9-12-4-6-15(20-19-12)21-14-7-11(16)3-5-13(14)17/h3-7,10,18H,8-9H2,1-2H3. The maximum absolute atomic E-state index is 13.6. The number of aromatic nitrogens is 2. The Balaban J connectivity index is 1.97. The van der Waals surface area contributed by atoms with Crippen LogP contribution in [-0.2, 0) is 6.54 Å². The summed E-state index contributed by atoms with van der Waals surface area (Å²) in [5.41, 5.74) is 0.817. The van der Waals surface area contributed by atoms with E-state index in [2.05, 4.69) is 45.3 Å². The molecule has 0 aliphatic heterocycles. The predicted molar refractivity (Wildman–Crippen MR) is 82.8 cm³/mol. The number of ether oxygens (including phenoxy) is 1. The highest BCUT2D eigenvalue weighted by atomic mass is 79.9.